The van der Waals surface area contributed by atoms with Crippen LogP contribution in [0.2, 0.25) is 0 Å². The first-order valence-electron chi connectivity index (χ1n) is 6.09. The molecule has 1 aromatic rings. The number of nitrogens with zero attached hydrogens (tertiary/aromatic N) is 2. The molecule has 0 saturated carbocycles. The van der Waals surface area contributed by atoms with E-state index in [1.165, 1.54) is 5.69 Å². The summed E-state index contributed by atoms with van der Waals surface area (Å²) in [6.07, 6.45) is 2.52. The molecule has 0 radical (unpaired) electrons. The largest absolute Gasteiger partial charge is 0.393 e. The Morgan fingerprint density at radius 3 is 2.41 bits per heavy atom. The van der Waals surface area contributed by atoms with Gasteiger partial charge in [0.2, 0.25) is 0 Å². The molecular weight excluding hydrogens is 280 g/mol. The van der Waals surface area contributed by atoms with Crippen LogP contribution in [0.4, 0.5) is 0 Å². The van der Waals surface area contributed by atoms with Crippen LogP contribution in [0.3, 0.4) is 0 Å². The monoisotopic (exact) mass is 302 g/mol. The van der Waals surface area contributed by atoms with Crippen molar-refractivity contribution < 1.29 is 5.11 Å². The molecule has 0 saturated heterocycles. The number of aryl methyl sites for hydroxylation is 2. The Morgan fingerprint density at radius 2 is 2.00 bits per heavy atom. The number of hydrogen-bond donors (Lipinski definition) is 1. The number of aromatic nitrogens is 2. The molecule has 1 rings (SSSR count). The summed E-state index contributed by atoms with van der Waals surface area (Å²) in [5.41, 5.74) is 2.21. The highest BCUT2D eigenvalue weighted by Gasteiger charge is 2.21. The molecule has 3 nitrogen and oxygen atoms in total. The van der Waals surface area contributed by atoms with Crippen molar-refractivity contribution in [3.05, 3.63) is 15.9 Å². The van der Waals surface area contributed by atoms with E-state index < -0.39 is 0 Å². The maximum absolute atomic E-state index is 9.97. The first-order valence-corrected chi connectivity index (χ1v) is 6.89. The van der Waals surface area contributed by atoms with Gasteiger partial charge in [0.25, 0.3) is 0 Å². The fraction of sp³-hybridized carbons (Fsp3) is 0.769. The highest BCUT2D eigenvalue weighted by atomic mass is 79.9. The standard InChI is InChI=1S/C13H23BrN2O/c1-9-12(14)10(16(5)15-9)7-6-8-11(17)13(2,3)4/h11,17H,6-8H2,1-5H3. The maximum atomic E-state index is 9.97. The zero-order valence-electron chi connectivity index (χ0n) is 11.4. The van der Waals surface area contributed by atoms with Gasteiger partial charge in [0.1, 0.15) is 0 Å². The molecule has 0 aromatic carbocycles. The summed E-state index contributed by atoms with van der Waals surface area (Å²) in [4.78, 5) is 0. The molecule has 0 amide bonds. The predicted octanol–water partition coefficient (Wildman–Crippen LogP) is 3.22. The molecule has 0 aliphatic rings. The average Bonchev–Trinajstić information content (AvgIpc) is 2.42. The van der Waals surface area contributed by atoms with Gasteiger partial charge in [0.05, 0.1) is 22.0 Å². The van der Waals surface area contributed by atoms with Gasteiger partial charge in [-0.25, -0.2) is 0 Å². The lowest BCUT2D eigenvalue weighted by Crippen LogP contribution is -2.25. The summed E-state index contributed by atoms with van der Waals surface area (Å²) in [5.74, 6) is 0. The van der Waals surface area contributed by atoms with Gasteiger partial charge in [-0.05, 0) is 47.5 Å². The molecule has 1 unspecified atom stereocenters. The summed E-state index contributed by atoms with van der Waals surface area (Å²) < 4.78 is 3.02. The second-order valence-electron chi connectivity index (χ2n) is 5.74. The molecule has 0 bridgehead atoms. The molecule has 1 heterocycles. The second kappa shape index (κ2) is 5.53. The van der Waals surface area contributed by atoms with Crippen molar-refractivity contribution in [3.63, 3.8) is 0 Å². The highest BCUT2D eigenvalue weighted by molar-refractivity contribution is 9.10. The van der Waals surface area contributed by atoms with Crippen molar-refractivity contribution in [2.75, 3.05) is 0 Å². The van der Waals surface area contributed by atoms with Crippen molar-refractivity contribution in [1.29, 1.82) is 0 Å². The van der Waals surface area contributed by atoms with E-state index in [4.69, 9.17) is 0 Å². The predicted molar refractivity (Wildman–Crippen MR) is 74.0 cm³/mol. The van der Waals surface area contributed by atoms with Crippen molar-refractivity contribution in [2.45, 2.75) is 53.1 Å². The fourth-order valence-corrected chi connectivity index (χ4v) is 2.38. The minimum absolute atomic E-state index is 0.0282. The Hall–Kier alpha value is -0.350. The smallest absolute Gasteiger partial charge is 0.0738 e. The van der Waals surface area contributed by atoms with Crippen LogP contribution < -0.4 is 0 Å². The van der Waals surface area contributed by atoms with Crippen molar-refractivity contribution in [1.82, 2.24) is 9.78 Å². The van der Waals surface area contributed by atoms with E-state index in [1.54, 1.807) is 0 Å². The number of rotatable bonds is 4. The SMILES string of the molecule is Cc1nn(C)c(CCCC(O)C(C)(C)C)c1Br. The third-order valence-electron chi connectivity index (χ3n) is 3.15. The number of hydrogen-bond acceptors (Lipinski definition) is 2. The molecule has 1 atom stereocenters. The minimum atomic E-state index is -0.240. The molecule has 1 N–H and O–H groups in total. The molecule has 98 valence electrons. The first kappa shape index (κ1) is 14.7. The van der Waals surface area contributed by atoms with Crippen LogP contribution >= 0.6 is 15.9 Å². The third kappa shape index (κ3) is 3.81. The Bertz CT molecular complexity index is 380. The quantitative estimate of drug-likeness (QED) is 0.927. The van der Waals surface area contributed by atoms with Gasteiger partial charge in [-0.3, -0.25) is 4.68 Å². The van der Waals surface area contributed by atoms with E-state index in [2.05, 4.69) is 41.8 Å². The number of aliphatic hydroxyl groups excluding tert-OH is 1. The highest BCUT2D eigenvalue weighted by Crippen LogP contribution is 2.25. The van der Waals surface area contributed by atoms with Crippen LogP contribution in [0.5, 0.6) is 0 Å². The third-order valence-corrected chi connectivity index (χ3v) is 4.18. The van der Waals surface area contributed by atoms with E-state index in [1.807, 2.05) is 18.7 Å². The molecule has 17 heavy (non-hydrogen) atoms. The van der Waals surface area contributed by atoms with Crippen LogP contribution in [-0.4, -0.2) is 21.0 Å². The maximum Gasteiger partial charge on any atom is 0.0738 e. The normalized spacial score (nSPS) is 14.1. The van der Waals surface area contributed by atoms with Gasteiger partial charge >= 0.3 is 0 Å². The number of aliphatic hydroxyl groups is 1. The lowest BCUT2D eigenvalue weighted by molar-refractivity contribution is 0.0539. The summed E-state index contributed by atoms with van der Waals surface area (Å²) in [6, 6.07) is 0. The van der Waals surface area contributed by atoms with Gasteiger partial charge in [-0.15, -0.1) is 0 Å². The van der Waals surface area contributed by atoms with Crippen LogP contribution in [0.25, 0.3) is 0 Å². The zero-order valence-corrected chi connectivity index (χ0v) is 13.0. The molecule has 0 spiro atoms. The van der Waals surface area contributed by atoms with Crippen LogP contribution in [0.15, 0.2) is 4.47 Å². The van der Waals surface area contributed by atoms with Crippen molar-refractivity contribution in [3.8, 4) is 0 Å². The van der Waals surface area contributed by atoms with Crippen molar-refractivity contribution >= 4 is 15.9 Å². The summed E-state index contributed by atoms with van der Waals surface area (Å²) in [5, 5.41) is 14.3. The van der Waals surface area contributed by atoms with Crippen LogP contribution in [0, 0.1) is 12.3 Å². The first-order chi connectivity index (χ1) is 7.73. The number of halogens is 1. The molecule has 0 aliphatic heterocycles. The summed E-state index contributed by atoms with van der Waals surface area (Å²) >= 11 is 3.56. The Morgan fingerprint density at radius 1 is 1.41 bits per heavy atom. The Balaban J connectivity index is 2.52. The average molecular weight is 303 g/mol. The lowest BCUT2D eigenvalue weighted by Gasteiger charge is -2.25. The topological polar surface area (TPSA) is 38.0 Å². The molecule has 1 aromatic heterocycles. The fourth-order valence-electron chi connectivity index (χ4n) is 1.85. The van der Waals surface area contributed by atoms with Gasteiger partial charge in [0.15, 0.2) is 0 Å². The molecule has 4 heteroatoms. The zero-order chi connectivity index (χ0) is 13.2. The van der Waals surface area contributed by atoms with Gasteiger partial charge in [0, 0.05) is 7.05 Å². The van der Waals surface area contributed by atoms with E-state index in [0.29, 0.717) is 0 Å². The van der Waals surface area contributed by atoms with Gasteiger partial charge < -0.3 is 5.11 Å². The van der Waals surface area contributed by atoms with E-state index in [9.17, 15) is 5.11 Å². The van der Waals surface area contributed by atoms with Gasteiger partial charge in [-0.2, -0.15) is 5.10 Å². The van der Waals surface area contributed by atoms with E-state index in [0.717, 1.165) is 29.4 Å². The van der Waals surface area contributed by atoms with Crippen LogP contribution in [0.1, 0.15) is 45.0 Å². The Kier molecular flexibility index (Phi) is 4.78. The van der Waals surface area contributed by atoms with E-state index in [-0.39, 0.29) is 11.5 Å². The van der Waals surface area contributed by atoms with E-state index >= 15 is 0 Å². The van der Waals surface area contributed by atoms with Gasteiger partial charge in [-0.1, -0.05) is 20.8 Å². The van der Waals surface area contributed by atoms with Crippen LogP contribution in [-0.2, 0) is 13.5 Å². The second-order valence-corrected chi connectivity index (χ2v) is 6.54. The molecule has 0 fully saturated rings. The summed E-state index contributed by atoms with van der Waals surface area (Å²) in [7, 11) is 1.97. The van der Waals surface area contributed by atoms with Crippen molar-refractivity contribution in [2.24, 2.45) is 12.5 Å². The minimum Gasteiger partial charge on any atom is -0.393 e. The summed E-state index contributed by atoms with van der Waals surface area (Å²) in [6.45, 7) is 8.21. The molecular formula is C13H23BrN2O. The Labute approximate surface area is 112 Å². The molecule has 0 aliphatic carbocycles. The lowest BCUT2D eigenvalue weighted by atomic mass is 9.86.